The molecule has 0 atom stereocenters. The number of carbonyl (C=O) groups excluding carboxylic acids is 1. The lowest BCUT2D eigenvalue weighted by molar-refractivity contribution is -0.116. The third-order valence-electron chi connectivity index (χ3n) is 5.13. The molecule has 0 aliphatic rings. The van der Waals surface area contributed by atoms with Crippen LogP contribution >= 0.6 is 0 Å². The first-order chi connectivity index (χ1) is 14.8. The summed E-state index contributed by atoms with van der Waals surface area (Å²) >= 11 is 0. The lowest BCUT2D eigenvalue weighted by Crippen LogP contribution is -2.32. The van der Waals surface area contributed by atoms with Gasteiger partial charge < -0.3 is 15.5 Å². The molecule has 0 saturated heterocycles. The van der Waals surface area contributed by atoms with Crippen LogP contribution in [0.4, 0.5) is 17.1 Å². The maximum Gasteiger partial charge on any atom is 0.246 e. The fourth-order valence-corrected chi connectivity index (χ4v) is 4.67. The van der Waals surface area contributed by atoms with E-state index in [9.17, 15) is 13.2 Å². The molecule has 0 bridgehead atoms. The number of benzene rings is 2. The third kappa shape index (κ3) is 6.45. The molecule has 0 radical (unpaired) electrons. The maximum atomic E-state index is 13.0. The normalized spacial score (nSPS) is 11.4. The van der Waals surface area contributed by atoms with Crippen molar-refractivity contribution in [2.45, 2.75) is 38.5 Å². The van der Waals surface area contributed by atoms with E-state index >= 15 is 0 Å². The molecule has 31 heavy (non-hydrogen) atoms. The van der Waals surface area contributed by atoms with Crippen LogP contribution in [0.5, 0.6) is 0 Å². The van der Waals surface area contributed by atoms with Crippen molar-refractivity contribution < 1.29 is 13.2 Å². The second kappa shape index (κ2) is 11.7. The molecule has 2 aromatic rings. The Kier molecular flexibility index (Phi) is 9.33. The summed E-state index contributed by atoms with van der Waals surface area (Å²) < 4.78 is 27.3. The van der Waals surface area contributed by atoms with Gasteiger partial charge in [0.2, 0.25) is 15.9 Å². The molecule has 0 aliphatic carbocycles. The minimum atomic E-state index is -3.59. The van der Waals surface area contributed by atoms with Crippen molar-refractivity contribution in [2.24, 2.45) is 0 Å². The van der Waals surface area contributed by atoms with Crippen LogP contribution in [0.3, 0.4) is 0 Å². The van der Waals surface area contributed by atoms with Crippen molar-refractivity contribution in [3.63, 3.8) is 0 Å². The number of anilines is 3. The second-order valence-electron chi connectivity index (χ2n) is 7.22. The number of rotatable bonds is 12. The predicted molar refractivity (Wildman–Crippen MR) is 128 cm³/mol. The molecule has 170 valence electrons. The Morgan fingerprint density at radius 1 is 0.935 bits per heavy atom. The molecule has 0 heterocycles. The summed E-state index contributed by atoms with van der Waals surface area (Å²) in [6, 6.07) is 14.4. The highest BCUT2D eigenvalue weighted by Gasteiger charge is 2.23. The Bertz CT molecular complexity index is 945. The van der Waals surface area contributed by atoms with Gasteiger partial charge >= 0.3 is 0 Å². The number of nitrogens with zero attached hydrogens (tertiary/aromatic N) is 2. The van der Waals surface area contributed by atoms with Gasteiger partial charge in [-0.15, -0.1) is 0 Å². The SMILES string of the molecule is CCCCNc1ccc(S(=O)(=O)N(CC)CC)cc1NCC(=O)N(C)c1ccccc1. The Hall–Kier alpha value is -2.58. The molecule has 0 saturated carbocycles. The molecule has 8 heteroatoms. The smallest absolute Gasteiger partial charge is 0.246 e. The van der Waals surface area contributed by atoms with Crippen LogP contribution in [-0.4, -0.2) is 51.9 Å². The molecular formula is C23H34N4O3S. The van der Waals surface area contributed by atoms with Crippen molar-refractivity contribution in [1.29, 1.82) is 0 Å². The van der Waals surface area contributed by atoms with Gasteiger partial charge in [0.05, 0.1) is 22.8 Å². The van der Waals surface area contributed by atoms with Crippen molar-refractivity contribution in [3.8, 4) is 0 Å². The maximum absolute atomic E-state index is 13.0. The highest BCUT2D eigenvalue weighted by molar-refractivity contribution is 7.89. The van der Waals surface area contributed by atoms with Crippen LogP contribution in [0.25, 0.3) is 0 Å². The molecule has 0 unspecified atom stereocenters. The van der Waals surface area contributed by atoms with Gasteiger partial charge in [-0.1, -0.05) is 45.4 Å². The first-order valence-electron chi connectivity index (χ1n) is 10.8. The van der Waals surface area contributed by atoms with E-state index in [1.807, 2.05) is 44.2 Å². The molecule has 2 N–H and O–H groups in total. The van der Waals surface area contributed by atoms with Gasteiger partial charge in [-0.05, 0) is 36.8 Å². The van der Waals surface area contributed by atoms with E-state index < -0.39 is 10.0 Å². The largest absolute Gasteiger partial charge is 0.383 e. The summed E-state index contributed by atoms with van der Waals surface area (Å²) in [4.78, 5) is 14.5. The fraction of sp³-hybridized carbons (Fsp3) is 0.435. The number of unbranched alkanes of at least 4 members (excludes halogenated alkanes) is 1. The minimum absolute atomic E-state index is 0.0443. The first kappa shape index (κ1) is 24.7. The van der Waals surface area contributed by atoms with Crippen molar-refractivity contribution >= 4 is 33.0 Å². The minimum Gasteiger partial charge on any atom is -0.383 e. The number of para-hydroxylation sites is 1. The number of hydrogen-bond acceptors (Lipinski definition) is 5. The van der Waals surface area contributed by atoms with E-state index in [0.29, 0.717) is 18.8 Å². The van der Waals surface area contributed by atoms with Gasteiger partial charge in [-0.3, -0.25) is 4.79 Å². The van der Waals surface area contributed by atoms with E-state index in [0.717, 1.165) is 30.8 Å². The molecule has 0 fully saturated rings. The molecule has 0 spiro atoms. The lowest BCUT2D eigenvalue weighted by atomic mass is 10.2. The topological polar surface area (TPSA) is 81.8 Å². The van der Waals surface area contributed by atoms with Gasteiger partial charge in [-0.25, -0.2) is 8.42 Å². The van der Waals surface area contributed by atoms with Gasteiger partial charge in [0.25, 0.3) is 0 Å². The average molecular weight is 447 g/mol. The quantitative estimate of drug-likeness (QED) is 0.482. The zero-order valence-corrected chi connectivity index (χ0v) is 19.7. The summed E-state index contributed by atoms with van der Waals surface area (Å²) in [7, 11) is -1.87. The van der Waals surface area contributed by atoms with Crippen LogP contribution in [0, 0.1) is 0 Å². The standard InChI is InChI=1S/C23H34N4O3S/c1-5-8-16-24-21-15-14-20(31(29,30)27(6-2)7-3)17-22(21)25-18-23(28)26(4)19-12-10-9-11-13-19/h9-15,17,24-25H,5-8,16,18H2,1-4H3. The monoisotopic (exact) mass is 446 g/mol. The number of carbonyl (C=O) groups is 1. The molecule has 0 aliphatic heterocycles. The van der Waals surface area contributed by atoms with Crippen LogP contribution < -0.4 is 15.5 Å². The highest BCUT2D eigenvalue weighted by Crippen LogP contribution is 2.27. The summed E-state index contributed by atoms with van der Waals surface area (Å²) in [5.41, 5.74) is 2.18. The number of nitrogens with one attached hydrogen (secondary N) is 2. The van der Waals surface area contributed by atoms with E-state index in [-0.39, 0.29) is 17.3 Å². The zero-order chi connectivity index (χ0) is 22.9. The predicted octanol–water partition coefficient (Wildman–Crippen LogP) is 4.00. The fourth-order valence-electron chi connectivity index (χ4n) is 3.18. The van der Waals surface area contributed by atoms with Crippen molar-refractivity contribution in [1.82, 2.24) is 4.31 Å². The first-order valence-corrected chi connectivity index (χ1v) is 12.2. The molecule has 1 amide bonds. The molecule has 2 aromatic carbocycles. The van der Waals surface area contributed by atoms with Gasteiger partial charge in [0.1, 0.15) is 0 Å². The highest BCUT2D eigenvalue weighted by atomic mass is 32.2. The summed E-state index contributed by atoms with van der Waals surface area (Å²) in [5, 5.41) is 6.48. The molecule has 7 nitrogen and oxygen atoms in total. The summed E-state index contributed by atoms with van der Waals surface area (Å²) in [6.07, 6.45) is 2.04. The average Bonchev–Trinajstić information content (AvgIpc) is 2.78. The van der Waals surface area contributed by atoms with Gasteiger partial charge in [0, 0.05) is 32.4 Å². The second-order valence-corrected chi connectivity index (χ2v) is 9.16. The number of likely N-dealkylation sites (N-methyl/N-ethyl adjacent to an activating group) is 1. The van der Waals surface area contributed by atoms with Crippen LogP contribution in [0.15, 0.2) is 53.4 Å². The van der Waals surface area contributed by atoms with E-state index in [4.69, 9.17) is 0 Å². The van der Waals surface area contributed by atoms with Gasteiger partial charge in [-0.2, -0.15) is 4.31 Å². The Balaban J connectivity index is 2.26. The van der Waals surface area contributed by atoms with E-state index in [2.05, 4.69) is 17.6 Å². The van der Waals surface area contributed by atoms with Crippen molar-refractivity contribution in [3.05, 3.63) is 48.5 Å². The van der Waals surface area contributed by atoms with Crippen LogP contribution in [0.1, 0.15) is 33.6 Å². The molecule has 0 aromatic heterocycles. The number of hydrogen-bond donors (Lipinski definition) is 2. The van der Waals surface area contributed by atoms with Crippen LogP contribution in [0.2, 0.25) is 0 Å². The zero-order valence-electron chi connectivity index (χ0n) is 18.9. The van der Waals surface area contributed by atoms with Crippen molar-refractivity contribution in [2.75, 3.05) is 48.8 Å². The van der Waals surface area contributed by atoms with Gasteiger partial charge in [0.15, 0.2) is 0 Å². The van der Waals surface area contributed by atoms with E-state index in [1.165, 1.54) is 4.31 Å². The Morgan fingerprint density at radius 3 is 2.23 bits per heavy atom. The summed E-state index contributed by atoms with van der Waals surface area (Å²) in [5.74, 6) is -0.122. The van der Waals surface area contributed by atoms with E-state index in [1.54, 1.807) is 30.1 Å². The number of amides is 1. The molecular weight excluding hydrogens is 412 g/mol. The Morgan fingerprint density at radius 2 is 1.61 bits per heavy atom. The Labute approximate surface area is 186 Å². The lowest BCUT2D eigenvalue weighted by Gasteiger charge is -2.21. The molecule has 2 rings (SSSR count). The number of sulfonamides is 1. The third-order valence-corrected chi connectivity index (χ3v) is 7.17. The summed E-state index contributed by atoms with van der Waals surface area (Å²) in [6.45, 7) is 7.36. The van der Waals surface area contributed by atoms with Crippen LogP contribution in [-0.2, 0) is 14.8 Å².